The van der Waals surface area contributed by atoms with Crippen LogP contribution in [0.1, 0.15) is 46.5 Å². The zero-order chi connectivity index (χ0) is 17.2. The highest BCUT2D eigenvalue weighted by atomic mass is 32.2. The van der Waals surface area contributed by atoms with Crippen molar-refractivity contribution >= 4 is 23.4 Å². The Morgan fingerprint density at radius 3 is 3.00 bits per heavy atom. The van der Waals surface area contributed by atoms with Gasteiger partial charge in [-0.2, -0.15) is 0 Å². The summed E-state index contributed by atoms with van der Waals surface area (Å²) in [7, 11) is 0. The van der Waals surface area contributed by atoms with E-state index >= 15 is 0 Å². The number of amides is 1. The first-order valence-electron chi connectivity index (χ1n) is 9.38. The van der Waals surface area contributed by atoms with Crippen molar-refractivity contribution in [2.75, 3.05) is 12.3 Å². The maximum absolute atomic E-state index is 12.9. The van der Waals surface area contributed by atoms with E-state index in [1.54, 1.807) is 0 Å². The van der Waals surface area contributed by atoms with Crippen LogP contribution in [0.4, 0.5) is 0 Å². The molecule has 1 saturated heterocycles. The first-order valence-corrected chi connectivity index (χ1v) is 10.4. The highest BCUT2D eigenvalue weighted by Gasteiger charge is 2.54. The van der Waals surface area contributed by atoms with Crippen molar-refractivity contribution in [1.82, 2.24) is 5.32 Å². The van der Waals surface area contributed by atoms with E-state index in [0.29, 0.717) is 5.92 Å². The third kappa shape index (κ3) is 3.49. The Labute approximate surface area is 150 Å². The van der Waals surface area contributed by atoms with E-state index in [0.717, 1.165) is 31.1 Å². The molecule has 1 aliphatic carbocycles. The molecule has 3 nitrogen and oxygen atoms in total. The summed E-state index contributed by atoms with van der Waals surface area (Å²) in [6.45, 7) is 7.51. The van der Waals surface area contributed by atoms with Gasteiger partial charge in [0, 0.05) is 18.3 Å². The summed E-state index contributed by atoms with van der Waals surface area (Å²) in [5, 5.41) is 3.29. The van der Waals surface area contributed by atoms with Gasteiger partial charge in [-0.3, -0.25) is 9.79 Å². The summed E-state index contributed by atoms with van der Waals surface area (Å²) in [6, 6.07) is 0.274. The zero-order valence-electron chi connectivity index (χ0n) is 15.1. The summed E-state index contributed by atoms with van der Waals surface area (Å²) < 4.78 is -0.0457. The molecular formula is C20H30N2OS. The topological polar surface area (TPSA) is 41.5 Å². The van der Waals surface area contributed by atoms with Gasteiger partial charge in [-0.05, 0) is 37.7 Å². The highest BCUT2D eigenvalue weighted by molar-refractivity contribution is 8.02. The van der Waals surface area contributed by atoms with Gasteiger partial charge >= 0.3 is 0 Å². The van der Waals surface area contributed by atoms with Crippen LogP contribution in [-0.4, -0.2) is 34.7 Å². The molecule has 0 aromatic carbocycles. The lowest BCUT2D eigenvalue weighted by Crippen LogP contribution is -2.47. The smallest absolute Gasteiger partial charge is 0.224 e. The molecule has 1 amide bonds. The lowest BCUT2D eigenvalue weighted by atomic mass is 9.74. The van der Waals surface area contributed by atoms with Crippen LogP contribution in [0.3, 0.4) is 0 Å². The molecule has 0 radical (unpaired) electrons. The van der Waals surface area contributed by atoms with Crippen LogP contribution in [-0.2, 0) is 4.79 Å². The number of allylic oxidation sites excluding steroid dienone is 3. The van der Waals surface area contributed by atoms with Gasteiger partial charge in [-0.25, -0.2) is 0 Å². The third-order valence-corrected chi connectivity index (χ3v) is 7.17. The summed E-state index contributed by atoms with van der Waals surface area (Å²) in [4.78, 5) is 17.6. The van der Waals surface area contributed by atoms with Crippen LogP contribution < -0.4 is 5.32 Å². The van der Waals surface area contributed by atoms with Crippen molar-refractivity contribution in [3.8, 4) is 0 Å². The van der Waals surface area contributed by atoms with E-state index in [1.165, 1.54) is 18.6 Å². The summed E-state index contributed by atoms with van der Waals surface area (Å²) in [5.74, 6) is 2.41. The van der Waals surface area contributed by atoms with Crippen LogP contribution in [0.15, 0.2) is 29.3 Å². The largest absolute Gasteiger partial charge is 0.353 e. The Kier molecular flexibility index (Phi) is 5.53. The van der Waals surface area contributed by atoms with E-state index in [-0.39, 0.29) is 22.6 Å². The average Bonchev–Trinajstić information content (AvgIpc) is 2.92. The lowest BCUT2D eigenvalue weighted by molar-refractivity contribution is -0.126. The predicted octanol–water partition coefficient (Wildman–Crippen LogP) is 4.01. The molecule has 4 atom stereocenters. The Bertz CT molecular complexity index is 566. The van der Waals surface area contributed by atoms with Gasteiger partial charge in [0.2, 0.25) is 5.91 Å². The SMILES string of the molecule is CC(C)CCCC(C)NC(=O)C1CSC23C=CC=CC2=NCCC13. The second-order valence-electron chi connectivity index (χ2n) is 7.83. The fourth-order valence-electron chi connectivity index (χ4n) is 4.17. The molecule has 0 aromatic heterocycles. The number of hydrogen-bond donors (Lipinski definition) is 1. The van der Waals surface area contributed by atoms with Crippen LogP contribution in [0.25, 0.3) is 0 Å². The van der Waals surface area contributed by atoms with Crippen LogP contribution in [0.5, 0.6) is 0 Å². The number of carbonyl (C=O) groups is 1. The van der Waals surface area contributed by atoms with Gasteiger partial charge < -0.3 is 5.32 Å². The lowest BCUT2D eigenvalue weighted by Gasteiger charge is -2.38. The van der Waals surface area contributed by atoms with Crippen molar-refractivity contribution in [3.63, 3.8) is 0 Å². The Hall–Kier alpha value is -1.03. The number of rotatable bonds is 6. The van der Waals surface area contributed by atoms with Crippen LogP contribution in [0, 0.1) is 17.8 Å². The van der Waals surface area contributed by atoms with Crippen LogP contribution >= 0.6 is 11.8 Å². The molecule has 0 bridgehead atoms. The molecule has 1 spiro atoms. The van der Waals surface area contributed by atoms with E-state index in [1.807, 2.05) is 11.8 Å². The number of aliphatic imine (C=N–C) groups is 1. The summed E-state index contributed by atoms with van der Waals surface area (Å²) in [6.07, 6.45) is 13.1. The second-order valence-corrected chi connectivity index (χ2v) is 9.12. The van der Waals surface area contributed by atoms with Gasteiger partial charge in [-0.15, -0.1) is 11.8 Å². The second kappa shape index (κ2) is 7.47. The quantitative estimate of drug-likeness (QED) is 0.789. The molecule has 1 fully saturated rings. The van der Waals surface area contributed by atoms with E-state index in [4.69, 9.17) is 4.99 Å². The fourth-order valence-corrected chi connectivity index (χ4v) is 5.97. The number of nitrogens with one attached hydrogen (secondary N) is 1. The van der Waals surface area contributed by atoms with Crippen molar-refractivity contribution in [1.29, 1.82) is 0 Å². The minimum Gasteiger partial charge on any atom is -0.353 e. The minimum atomic E-state index is -0.0457. The number of nitrogens with zero attached hydrogens (tertiary/aromatic N) is 1. The third-order valence-electron chi connectivity index (χ3n) is 5.51. The summed E-state index contributed by atoms with van der Waals surface area (Å²) in [5.41, 5.74) is 1.17. The first-order chi connectivity index (χ1) is 11.5. The van der Waals surface area contributed by atoms with Gasteiger partial charge in [0.15, 0.2) is 0 Å². The molecule has 1 N–H and O–H groups in total. The van der Waals surface area contributed by atoms with E-state index in [2.05, 4.69) is 50.4 Å². The van der Waals surface area contributed by atoms with Crippen LogP contribution in [0.2, 0.25) is 0 Å². The maximum Gasteiger partial charge on any atom is 0.224 e. The number of carbonyl (C=O) groups excluding carboxylic acids is 1. The molecule has 4 unspecified atom stereocenters. The molecule has 0 saturated carbocycles. The normalized spacial score (nSPS) is 32.2. The van der Waals surface area contributed by atoms with Crippen molar-refractivity contribution < 1.29 is 4.79 Å². The van der Waals surface area contributed by atoms with Crippen molar-refractivity contribution in [3.05, 3.63) is 24.3 Å². The molecular weight excluding hydrogens is 316 g/mol. The minimum absolute atomic E-state index is 0.0457. The fraction of sp³-hybridized carbons (Fsp3) is 0.700. The molecule has 24 heavy (non-hydrogen) atoms. The van der Waals surface area contributed by atoms with Gasteiger partial charge in [-0.1, -0.05) is 44.9 Å². The average molecular weight is 347 g/mol. The molecule has 132 valence electrons. The highest BCUT2D eigenvalue weighted by Crippen LogP contribution is 2.52. The molecule has 3 aliphatic rings. The van der Waals surface area contributed by atoms with Crippen molar-refractivity contribution in [2.45, 2.75) is 57.2 Å². The number of hydrogen-bond acceptors (Lipinski definition) is 3. The standard InChI is InChI=1S/C20H30N2OS/c1-14(2)7-6-8-15(3)22-19(23)16-13-24-20-11-5-4-9-18(20)21-12-10-17(16)20/h4-5,9,11,14-17H,6-8,10,12-13H2,1-3H3,(H,22,23). The van der Waals surface area contributed by atoms with Crippen molar-refractivity contribution in [2.24, 2.45) is 22.7 Å². The van der Waals surface area contributed by atoms with Gasteiger partial charge in [0.25, 0.3) is 0 Å². The molecule has 2 heterocycles. The predicted molar refractivity (Wildman–Crippen MR) is 104 cm³/mol. The Balaban J connectivity index is 1.60. The Morgan fingerprint density at radius 2 is 2.21 bits per heavy atom. The van der Waals surface area contributed by atoms with Gasteiger partial charge in [0.1, 0.15) is 0 Å². The molecule has 4 heteroatoms. The van der Waals surface area contributed by atoms with Gasteiger partial charge in [0.05, 0.1) is 16.4 Å². The monoisotopic (exact) mass is 346 g/mol. The van der Waals surface area contributed by atoms with E-state index in [9.17, 15) is 4.79 Å². The summed E-state index contributed by atoms with van der Waals surface area (Å²) >= 11 is 1.91. The first kappa shape index (κ1) is 17.8. The maximum atomic E-state index is 12.9. The zero-order valence-corrected chi connectivity index (χ0v) is 15.9. The Morgan fingerprint density at radius 1 is 1.38 bits per heavy atom. The number of thioether (sulfide) groups is 1. The van der Waals surface area contributed by atoms with E-state index < -0.39 is 0 Å². The molecule has 2 aliphatic heterocycles. The molecule has 3 rings (SSSR count). The molecule has 0 aromatic rings.